The predicted octanol–water partition coefficient (Wildman–Crippen LogP) is 2.90. The Labute approximate surface area is 104 Å². The van der Waals surface area contributed by atoms with Crippen molar-refractivity contribution in [1.82, 2.24) is 0 Å². The maximum Gasteiger partial charge on any atom is 0.125 e. The van der Waals surface area contributed by atoms with Crippen molar-refractivity contribution in [3.63, 3.8) is 0 Å². The van der Waals surface area contributed by atoms with Crippen LogP contribution in [0.15, 0.2) is 6.07 Å². The Morgan fingerprint density at radius 1 is 1.24 bits per heavy atom. The van der Waals surface area contributed by atoms with Crippen molar-refractivity contribution < 1.29 is 4.74 Å². The Hall–Kier alpha value is -1.02. The number of benzene rings is 1. The first-order valence-electron chi connectivity index (χ1n) is 6.56. The Bertz CT molecular complexity index is 408. The Kier molecular flexibility index (Phi) is 3.72. The van der Waals surface area contributed by atoms with Gasteiger partial charge in [0.05, 0.1) is 6.61 Å². The molecule has 1 fully saturated rings. The maximum absolute atomic E-state index is 5.97. The first kappa shape index (κ1) is 12.4. The summed E-state index contributed by atoms with van der Waals surface area (Å²) in [6.45, 7) is 8.06. The molecule has 0 unspecified atom stereocenters. The molecule has 2 rings (SSSR count). The van der Waals surface area contributed by atoms with Crippen LogP contribution in [-0.4, -0.2) is 13.2 Å². The van der Waals surface area contributed by atoms with Crippen molar-refractivity contribution in [2.24, 2.45) is 11.7 Å². The topological polar surface area (TPSA) is 35.2 Å². The first-order chi connectivity index (χ1) is 8.13. The molecule has 1 aromatic carbocycles. The van der Waals surface area contributed by atoms with E-state index in [9.17, 15) is 0 Å². The van der Waals surface area contributed by atoms with Crippen LogP contribution in [0.1, 0.15) is 35.1 Å². The van der Waals surface area contributed by atoms with Crippen molar-refractivity contribution in [1.29, 1.82) is 0 Å². The van der Waals surface area contributed by atoms with Crippen molar-refractivity contribution in [2.45, 2.75) is 40.0 Å². The lowest BCUT2D eigenvalue weighted by atomic mass is 9.96. The van der Waals surface area contributed by atoms with Crippen molar-refractivity contribution in [2.75, 3.05) is 13.2 Å². The largest absolute Gasteiger partial charge is 0.493 e. The number of aryl methyl sites for hydroxylation is 1. The van der Waals surface area contributed by atoms with Crippen molar-refractivity contribution in [3.8, 4) is 5.75 Å². The summed E-state index contributed by atoms with van der Waals surface area (Å²) in [6.07, 6.45) is 3.63. The van der Waals surface area contributed by atoms with Gasteiger partial charge in [-0.2, -0.15) is 0 Å². The van der Waals surface area contributed by atoms with Crippen LogP contribution < -0.4 is 10.5 Å². The molecule has 0 aliphatic heterocycles. The quantitative estimate of drug-likeness (QED) is 0.848. The fourth-order valence-electron chi connectivity index (χ4n) is 2.26. The fraction of sp³-hybridized carbons (Fsp3) is 0.600. The van der Waals surface area contributed by atoms with Gasteiger partial charge in [0.2, 0.25) is 0 Å². The van der Waals surface area contributed by atoms with Gasteiger partial charge in [0.1, 0.15) is 5.75 Å². The van der Waals surface area contributed by atoms with Crippen LogP contribution in [0.2, 0.25) is 0 Å². The zero-order chi connectivity index (χ0) is 12.4. The molecule has 0 heterocycles. The van der Waals surface area contributed by atoms with Crippen LogP contribution in [0.3, 0.4) is 0 Å². The van der Waals surface area contributed by atoms with E-state index in [1.54, 1.807) is 0 Å². The molecule has 0 bridgehead atoms. The number of rotatable bonds is 5. The Balaban J connectivity index is 2.21. The molecule has 2 heteroatoms. The molecule has 2 nitrogen and oxygen atoms in total. The molecule has 17 heavy (non-hydrogen) atoms. The number of hydrogen-bond donors (Lipinski definition) is 1. The van der Waals surface area contributed by atoms with Crippen LogP contribution in [-0.2, 0) is 6.42 Å². The molecule has 94 valence electrons. The van der Waals surface area contributed by atoms with Crippen molar-refractivity contribution >= 4 is 0 Å². The van der Waals surface area contributed by atoms with Gasteiger partial charge in [-0.25, -0.2) is 0 Å². The summed E-state index contributed by atoms with van der Waals surface area (Å²) < 4.78 is 5.97. The van der Waals surface area contributed by atoms with Crippen LogP contribution in [0.5, 0.6) is 5.75 Å². The molecular weight excluding hydrogens is 210 g/mol. The number of hydrogen-bond acceptors (Lipinski definition) is 2. The van der Waals surface area contributed by atoms with Crippen LogP contribution >= 0.6 is 0 Å². The Morgan fingerprint density at radius 3 is 2.53 bits per heavy atom. The lowest BCUT2D eigenvalue weighted by Gasteiger charge is -2.17. The molecule has 0 aromatic heterocycles. The van der Waals surface area contributed by atoms with Gasteiger partial charge < -0.3 is 10.5 Å². The molecule has 0 spiro atoms. The minimum absolute atomic E-state index is 0.710. The highest BCUT2D eigenvalue weighted by Gasteiger charge is 2.23. The summed E-state index contributed by atoms with van der Waals surface area (Å²) in [6, 6.07) is 2.23. The number of nitrogens with two attached hydrogens (primary N) is 1. The van der Waals surface area contributed by atoms with Gasteiger partial charge in [-0.1, -0.05) is 6.07 Å². The highest BCUT2D eigenvalue weighted by Crippen LogP contribution is 2.33. The highest BCUT2D eigenvalue weighted by molar-refractivity contribution is 5.49. The monoisotopic (exact) mass is 233 g/mol. The van der Waals surface area contributed by atoms with E-state index in [0.717, 1.165) is 24.7 Å². The predicted molar refractivity (Wildman–Crippen MR) is 71.6 cm³/mol. The van der Waals surface area contributed by atoms with Gasteiger partial charge in [-0.3, -0.25) is 0 Å². The van der Waals surface area contributed by atoms with E-state index in [1.807, 2.05) is 0 Å². The lowest BCUT2D eigenvalue weighted by molar-refractivity contribution is 0.295. The summed E-state index contributed by atoms with van der Waals surface area (Å²) in [4.78, 5) is 0. The molecule has 0 amide bonds. The second kappa shape index (κ2) is 5.09. The third-order valence-corrected chi connectivity index (χ3v) is 3.71. The average molecular weight is 233 g/mol. The zero-order valence-corrected chi connectivity index (χ0v) is 11.2. The van der Waals surface area contributed by atoms with Crippen molar-refractivity contribution in [3.05, 3.63) is 28.3 Å². The third-order valence-electron chi connectivity index (χ3n) is 3.71. The molecule has 0 saturated heterocycles. The van der Waals surface area contributed by atoms with Gasteiger partial charge in [-0.15, -0.1) is 0 Å². The van der Waals surface area contributed by atoms with E-state index < -0.39 is 0 Å². The van der Waals surface area contributed by atoms with E-state index >= 15 is 0 Å². The van der Waals surface area contributed by atoms with Gasteiger partial charge >= 0.3 is 0 Å². The van der Waals surface area contributed by atoms with Gasteiger partial charge in [-0.05, 0) is 74.8 Å². The summed E-state index contributed by atoms with van der Waals surface area (Å²) in [5.41, 5.74) is 10.9. The summed E-state index contributed by atoms with van der Waals surface area (Å²) >= 11 is 0. The summed E-state index contributed by atoms with van der Waals surface area (Å²) in [5.74, 6) is 1.90. The SMILES string of the molecule is Cc1cc(CCN)c(C)c(C)c1OCC1CC1. The molecule has 0 atom stereocenters. The van der Waals surface area contributed by atoms with Crippen LogP contribution in [0, 0.1) is 26.7 Å². The standard InChI is InChI=1S/C15H23NO/c1-10-8-14(6-7-16)11(2)12(3)15(10)17-9-13-4-5-13/h8,13H,4-7,9,16H2,1-3H3. The summed E-state index contributed by atoms with van der Waals surface area (Å²) in [5, 5.41) is 0. The molecule has 1 aromatic rings. The zero-order valence-electron chi connectivity index (χ0n) is 11.2. The fourth-order valence-corrected chi connectivity index (χ4v) is 2.26. The van der Waals surface area contributed by atoms with Gasteiger partial charge in [0.25, 0.3) is 0 Å². The first-order valence-corrected chi connectivity index (χ1v) is 6.56. The summed E-state index contributed by atoms with van der Waals surface area (Å²) in [7, 11) is 0. The lowest BCUT2D eigenvalue weighted by Crippen LogP contribution is -2.08. The third kappa shape index (κ3) is 2.81. The maximum atomic E-state index is 5.97. The van der Waals surface area contributed by atoms with E-state index in [0.29, 0.717) is 6.54 Å². The van der Waals surface area contributed by atoms with Crippen LogP contribution in [0.4, 0.5) is 0 Å². The molecule has 1 saturated carbocycles. The number of ether oxygens (including phenoxy) is 1. The normalized spacial score (nSPS) is 15.1. The Morgan fingerprint density at radius 2 is 1.94 bits per heavy atom. The molecule has 1 aliphatic rings. The van der Waals surface area contributed by atoms with E-state index in [2.05, 4.69) is 26.8 Å². The van der Waals surface area contributed by atoms with Crippen LogP contribution in [0.25, 0.3) is 0 Å². The van der Waals surface area contributed by atoms with E-state index in [4.69, 9.17) is 10.5 Å². The molecule has 2 N–H and O–H groups in total. The smallest absolute Gasteiger partial charge is 0.125 e. The second-order valence-corrected chi connectivity index (χ2v) is 5.22. The van der Waals surface area contributed by atoms with Gasteiger partial charge in [0, 0.05) is 0 Å². The van der Waals surface area contributed by atoms with E-state index in [1.165, 1.54) is 35.1 Å². The second-order valence-electron chi connectivity index (χ2n) is 5.22. The minimum atomic E-state index is 0.710. The average Bonchev–Trinajstić information content (AvgIpc) is 3.10. The highest BCUT2D eigenvalue weighted by atomic mass is 16.5. The minimum Gasteiger partial charge on any atom is -0.493 e. The molecular formula is C15H23NO. The molecule has 0 radical (unpaired) electrons. The van der Waals surface area contributed by atoms with Gasteiger partial charge in [0.15, 0.2) is 0 Å². The molecule has 1 aliphatic carbocycles. The van der Waals surface area contributed by atoms with E-state index in [-0.39, 0.29) is 0 Å².